The average Bonchev–Trinajstić information content (AvgIpc) is 2.38. The molecule has 0 N–H and O–H groups in total. The molecule has 108 valence electrons. The lowest BCUT2D eigenvalue weighted by Crippen LogP contribution is -2.50. The summed E-state index contributed by atoms with van der Waals surface area (Å²) < 4.78 is 13.1. The third kappa shape index (κ3) is 4.13. The number of nitrogens with zero attached hydrogens (tertiary/aromatic N) is 2. The van der Waals surface area contributed by atoms with Crippen LogP contribution < -0.4 is 0 Å². The minimum absolute atomic E-state index is 0.0121. The smallest absolute Gasteiger partial charge is 0.227 e. The van der Waals surface area contributed by atoms with E-state index in [1.54, 1.807) is 24.0 Å². The first-order valence-electron chi connectivity index (χ1n) is 6.78. The number of ketones is 1. The molecule has 0 radical (unpaired) electrons. The number of piperazine rings is 1. The molecule has 1 fully saturated rings. The molecule has 5 heteroatoms. The van der Waals surface area contributed by atoms with Gasteiger partial charge in [-0.3, -0.25) is 14.5 Å². The fourth-order valence-electron chi connectivity index (χ4n) is 2.40. The van der Waals surface area contributed by atoms with Crippen LogP contribution in [0.4, 0.5) is 4.39 Å². The number of hydrogen-bond donors (Lipinski definition) is 0. The first-order chi connectivity index (χ1) is 9.54. The lowest BCUT2D eigenvalue weighted by atomic mass is 10.1. The summed E-state index contributed by atoms with van der Waals surface area (Å²) in [6.07, 6.45) is 0.227. The second kappa shape index (κ2) is 6.61. The van der Waals surface area contributed by atoms with Gasteiger partial charge in [-0.1, -0.05) is 12.1 Å². The van der Waals surface area contributed by atoms with E-state index >= 15 is 0 Å². The Morgan fingerprint density at radius 3 is 2.50 bits per heavy atom. The summed E-state index contributed by atoms with van der Waals surface area (Å²) in [5.74, 6) is -0.163. The van der Waals surface area contributed by atoms with E-state index in [1.165, 1.54) is 12.1 Å². The number of hydrogen-bond acceptors (Lipinski definition) is 3. The van der Waals surface area contributed by atoms with Crippen molar-refractivity contribution >= 4 is 11.7 Å². The Morgan fingerprint density at radius 2 is 1.90 bits per heavy atom. The van der Waals surface area contributed by atoms with Gasteiger partial charge in [0.1, 0.15) is 11.6 Å². The van der Waals surface area contributed by atoms with E-state index in [1.807, 2.05) is 4.90 Å². The topological polar surface area (TPSA) is 40.6 Å². The van der Waals surface area contributed by atoms with E-state index in [4.69, 9.17) is 0 Å². The Bertz CT molecular complexity index is 496. The highest BCUT2D eigenvalue weighted by atomic mass is 19.1. The maximum Gasteiger partial charge on any atom is 0.227 e. The van der Waals surface area contributed by atoms with Gasteiger partial charge in [-0.15, -0.1) is 0 Å². The maximum absolute atomic E-state index is 13.1. The summed E-state index contributed by atoms with van der Waals surface area (Å²) in [6, 6.07) is 6.13. The molecule has 0 atom stereocenters. The van der Waals surface area contributed by atoms with E-state index in [9.17, 15) is 14.0 Å². The zero-order valence-electron chi connectivity index (χ0n) is 11.6. The summed E-state index contributed by atoms with van der Waals surface area (Å²) in [4.78, 5) is 27.0. The Morgan fingerprint density at radius 1 is 1.20 bits per heavy atom. The highest BCUT2D eigenvalue weighted by Crippen LogP contribution is 2.08. The predicted octanol–water partition coefficient (Wildman–Crippen LogP) is 1.10. The van der Waals surface area contributed by atoms with Gasteiger partial charge in [-0.2, -0.15) is 0 Å². The van der Waals surface area contributed by atoms with Crippen LogP contribution in [0.1, 0.15) is 12.5 Å². The molecule has 20 heavy (non-hydrogen) atoms. The molecule has 0 aromatic heterocycles. The predicted molar refractivity (Wildman–Crippen MR) is 73.8 cm³/mol. The first-order valence-corrected chi connectivity index (χ1v) is 6.78. The molecule has 0 aliphatic carbocycles. The van der Waals surface area contributed by atoms with Gasteiger partial charge in [0.15, 0.2) is 0 Å². The van der Waals surface area contributed by atoms with E-state index in [0.717, 1.165) is 0 Å². The SMILES string of the molecule is CC(=O)CN1CCN(C(=O)Cc2cccc(F)c2)CC1. The molecular weight excluding hydrogens is 259 g/mol. The number of Topliss-reactive ketones (excluding diaryl/α,β-unsaturated/α-hetero) is 1. The van der Waals surface area contributed by atoms with Crippen LogP contribution in [0, 0.1) is 5.82 Å². The Kier molecular flexibility index (Phi) is 4.84. The average molecular weight is 278 g/mol. The Labute approximate surface area is 118 Å². The third-order valence-corrected chi connectivity index (χ3v) is 3.42. The highest BCUT2D eigenvalue weighted by molar-refractivity contribution is 5.79. The van der Waals surface area contributed by atoms with Crippen LogP contribution in [-0.2, 0) is 16.0 Å². The van der Waals surface area contributed by atoms with Crippen LogP contribution in [-0.4, -0.2) is 54.2 Å². The molecule has 1 aromatic carbocycles. The number of benzene rings is 1. The fraction of sp³-hybridized carbons (Fsp3) is 0.467. The number of amides is 1. The van der Waals surface area contributed by atoms with E-state index in [0.29, 0.717) is 38.3 Å². The van der Waals surface area contributed by atoms with Crippen LogP contribution in [0.25, 0.3) is 0 Å². The monoisotopic (exact) mass is 278 g/mol. The molecule has 1 aliphatic heterocycles. The van der Waals surface area contributed by atoms with Crippen molar-refractivity contribution < 1.29 is 14.0 Å². The Hall–Kier alpha value is -1.75. The van der Waals surface area contributed by atoms with Gasteiger partial charge in [0.05, 0.1) is 13.0 Å². The van der Waals surface area contributed by atoms with E-state index in [2.05, 4.69) is 0 Å². The number of carbonyl (C=O) groups is 2. The van der Waals surface area contributed by atoms with Crippen LogP contribution >= 0.6 is 0 Å². The lowest BCUT2D eigenvalue weighted by molar-refractivity contribution is -0.132. The fourth-order valence-corrected chi connectivity index (χ4v) is 2.40. The molecule has 4 nitrogen and oxygen atoms in total. The summed E-state index contributed by atoms with van der Waals surface area (Å²) in [7, 11) is 0. The van der Waals surface area contributed by atoms with Gasteiger partial charge >= 0.3 is 0 Å². The molecule has 1 saturated heterocycles. The van der Waals surface area contributed by atoms with Crippen molar-refractivity contribution in [3.8, 4) is 0 Å². The third-order valence-electron chi connectivity index (χ3n) is 3.42. The number of rotatable bonds is 4. The quantitative estimate of drug-likeness (QED) is 0.828. The summed E-state index contributed by atoms with van der Waals surface area (Å²) in [5, 5.41) is 0. The molecule has 0 bridgehead atoms. The van der Waals surface area contributed by atoms with Crippen molar-refractivity contribution in [2.24, 2.45) is 0 Å². The second-order valence-electron chi connectivity index (χ2n) is 5.17. The van der Waals surface area contributed by atoms with Crippen molar-refractivity contribution in [2.75, 3.05) is 32.7 Å². The largest absolute Gasteiger partial charge is 0.340 e. The standard InChI is InChI=1S/C15H19FN2O2/c1-12(19)11-17-5-7-18(8-6-17)15(20)10-13-3-2-4-14(16)9-13/h2-4,9H,5-8,10-11H2,1H3. The van der Waals surface area contributed by atoms with Gasteiger partial charge in [-0.05, 0) is 24.6 Å². The van der Waals surface area contributed by atoms with Crippen molar-refractivity contribution in [2.45, 2.75) is 13.3 Å². The number of carbonyl (C=O) groups excluding carboxylic acids is 2. The summed E-state index contributed by atoms with van der Waals surface area (Å²) >= 11 is 0. The molecule has 2 rings (SSSR count). The van der Waals surface area contributed by atoms with Gasteiger partial charge in [0, 0.05) is 26.2 Å². The molecule has 0 unspecified atom stereocenters. The highest BCUT2D eigenvalue weighted by Gasteiger charge is 2.21. The minimum atomic E-state index is -0.318. The Balaban J connectivity index is 1.84. The van der Waals surface area contributed by atoms with Crippen molar-refractivity contribution in [3.05, 3.63) is 35.6 Å². The second-order valence-corrected chi connectivity index (χ2v) is 5.17. The zero-order valence-corrected chi connectivity index (χ0v) is 11.6. The molecule has 1 heterocycles. The molecule has 1 aliphatic rings. The van der Waals surface area contributed by atoms with Crippen molar-refractivity contribution in [1.29, 1.82) is 0 Å². The van der Waals surface area contributed by atoms with Gasteiger partial charge in [-0.25, -0.2) is 4.39 Å². The molecule has 1 amide bonds. The van der Waals surface area contributed by atoms with Crippen LogP contribution in [0.5, 0.6) is 0 Å². The first kappa shape index (κ1) is 14.7. The normalized spacial score (nSPS) is 16.2. The van der Waals surface area contributed by atoms with Crippen LogP contribution in [0.2, 0.25) is 0 Å². The maximum atomic E-state index is 13.1. The van der Waals surface area contributed by atoms with Crippen LogP contribution in [0.3, 0.4) is 0 Å². The zero-order chi connectivity index (χ0) is 14.5. The molecule has 0 saturated carbocycles. The van der Waals surface area contributed by atoms with Gasteiger partial charge in [0.2, 0.25) is 5.91 Å². The lowest BCUT2D eigenvalue weighted by Gasteiger charge is -2.34. The van der Waals surface area contributed by atoms with E-state index < -0.39 is 0 Å². The van der Waals surface area contributed by atoms with Gasteiger partial charge in [0.25, 0.3) is 0 Å². The summed E-state index contributed by atoms with van der Waals surface area (Å²) in [6.45, 7) is 4.71. The van der Waals surface area contributed by atoms with Crippen LogP contribution in [0.15, 0.2) is 24.3 Å². The van der Waals surface area contributed by atoms with Crippen molar-refractivity contribution in [3.63, 3.8) is 0 Å². The molecular formula is C15H19FN2O2. The van der Waals surface area contributed by atoms with E-state index in [-0.39, 0.29) is 23.9 Å². The summed E-state index contributed by atoms with van der Waals surface area (Å²) in [5.41, 5.74) is 0.696. The van der Waals surface area contributed by atoms with Gasteiger partial charge < -0.3 is 4.90 Å². The number of halogens is 1. The van der Waals surface area contributed by atoms with Crippen molar-refractivity contribution in [1.82, 2.24) is 9.80 Å². The minimum Gasteiger partial charge on any atom is -0.340 e. The molecule has 0 spiro atoms. The molecule has 1 aromatic rings.